The zero-order valence-electron chi connectivity index (χ0n) is 10.2. The number of hydrogen-bond donors (Lipinski definition) is 2. The Labute approximate surface area is 105 Å². The minimum atomic E-state index is -0.227. The Balaban J connectivity index is 1.97. The molecule has 0 unspecified atom stereocenters. The van der Waals surface area contributed by atoms with E-state index in [1.54, 1.807) is 24.4 Å². The first-order valence-electron chi connectivity index (χ1n) is 5.83. The first-order valence-corrected chi connectivity index (χ1v) is 5.83. The third kappa shape index (κ3) is 3.41. The van der Waals surface area contributed by atoms with Crippen molar-refractivity contribution >= 4 is 11.8 Å². The Morgan fingerprint density at radius 2 is 1.89 bits per heavy atom. The Hall–Kier alpha value is -2.17. The van der Waals surface area contributed by atoms with Gasteiger partial charge in [0.1, 0.15) is 11.6 Å². The average molecular weight is 246 g/mol. The van der Waals surface area contributed by atoms with Crippen molar-refractivity contribution in [2.24, 2.45) is 0 Å². The number of aromatic nitrogens is 2. The monoisotopic (exact) mass is 246 g/mol. The van der Waals surface area contributed by atoms with Gasteiger partial charge in [-0.3, -0.25) is 0 Å². The van der Waals surface area contributed by atoms with Crippen LogP contribution in [0.25, 0.3) is 0 Å². The summed E-state index contributed by atoms with van der Waals surface area (Å²) in [5, 5.41) is 6.21. The lowest BCUT2D eigenvalue weighted by molar-refractivity contribution is 0.627. The lowest BCUT2D eigenvalue weighted by atomic mass is 10.2. The van der Waals surface area contributed by atoms with E-state index in [4.69, 9.17) is 0 Å². The van der Waals surface area contributed by atoms with Crippen LogP contribution in [0.4, 0.5) is 16.2 Å². The van der Waals surface area contributed by atoms with Crippen molar-refractivity contribution in [1.29, 1.82) is 0 Å². The van der Waals surface area contributed by atoms with Crippen molar-refractivity contribution in [1.82, 2.24) is 9.97 Å². The second-order valence-electron chi connectivity index (χ2n) is 3.78. The molecule has 0 aliphatic heterocycles. The Morgan fingerprint density at radius 3 is 2.61 bits per heavy atom. The fourth-order valence-corrected chi connectivity index (χ4v) is 1.50. The average Bonchev–Trinajstić information content (AvgIpc) is 2.39. The third-order valence-corrected chi connectivity index (χ3v) is 2.38. The molecule has 0 saturated carbocycles. The topological polar surface area (TPSA) is 49.8 Å². The first-order chi connectivity index (χ1) is 8.78. The first kappa shape index (κ1) is 12.3. The molecule has 0 spiro atoms. The third-order valence-electron chi connectivity index (χ3n) is 2.38. The lowest BCUT2D eigenvalue weighted by Crippen LogP contribution is -2.06. The summed E-state index contributed by atoms with van der Waals surface area (Å²) < 4.78 is 12.7. The summed E-state index contributed by atoms with van der Waals surface area (Å²) >= 11 is 0. The summed E-state index contributed by atoms with van der Waals surface area (Å²) in [5.41, 5.74) is 1.00. The van der Waals surface area contributed by atoms with Crippen LogP contribution in [0.1, 0.15) is 12.5 Å². The number of halogens is 1. The molecule has 1 aromatic carbocycles. The van der Waals surface area contributed by atoms with E-state index in [-0.39, 0.29) is 5.82 Å². The number of anilines is 2. The largest absolute Gasteiger partial charge is 0.366 e. The van der Waals surface area contributed by atoms with Gasteiger partial charge in [-0.1, -0.05) is 12.1 Å². The molecule has 94 valence electrons. The standard InChI is InChI=1S/C13H15FN4/c1-2-15-13-16-8-7-12(18-13)17-9-10-3-5-11(14)6-4-10/h3-8H,2,9H2,1H3,(H2,15,16,17,18). The van der Waals surface area contributed by atoms with Crippen LogP contribution >= 0.6 is 0 Å². The van der Waals surface area contributed by atoms with Crippen molar-refractivity contribution in [2.45, 2.75) is 13.5 Å². The molecule has 4 nitrogen and oxygen atoms in total. The molecule has 5 heteroatoms. The molecule has 0 saturated heterocycles. The molecular formula is C13H15FN4. The van der Waals surface area contributed by atoms with E-state index in [0.717, 1.165) is 17.9 Å². The normalized spacial score (nSPS) is 10.1. The van der Waals surface area contributed by atoms with E-state index in [9.17, 15) is 4.39 Å². The Bertz CT molecular complexity index is 499. The van der Waals surface area contributed by atoms with Crippen LogP contribution in [0.15, 0.2) is 36.5 Å². The van der Waals surface area contributed by atoms with Gasteiger partial charge in [0.2, 0.25) is 5.95 Å². The van der Waals surface area contributed by atoms with Crippen LogP contribution in [0.5, 0.6) is 0 Å². The summed E-state index contributed by atoms with van der Waals surface area (Å²) in [6.07, 6.45) is 1.69. The van der Waals surface area contributed by atoms with Gasteiger partial charge in [0.25, 0.3) is 0 Å². The minimum absolute atomic E-state index is 0.227. The molecule has 2 rings (SSSR count). The highest BCUT2D eigenvalue weighted by Crippen LogP contribution is 2.08. The predicted molar refractivity (Wildman–Crippen MR) is 69.9 cm³/mol. The molecule has 18 heavy (non-hydrogen) atoms. The van der Waals surface area contributed by atoms with Crippen molar-refractivity contribution in [2.75, 3.05) is 17.2 Å². The predicted octanol–water partition coefficient (Wildman–Crippen LogP) is 2.66. The van der Waals surface area contributed by atoms with Crippen molar-refractivity contribution in [3.05, 3.63) is 47.9 Å². The fourth-order valence-electron chi connectivity index (χ4n) is 1.50. The van der Waals surface area contributed by atoms with Crippen LogP contribution in [0.3, 0.4) is 0 Å². The van der Waals surface area contributed by atoms with Gasteiger partial charge in [-0.25, -0.2) is 9.37 Å². The smallest absolute Gasteiger partial charge is 0.224 e. The van der Waals surface area contributed by atoms with Gasteiger partial charge in [-0.15, -0.1) is 0 Å². The zero-order valence-corrected chi connectivity index (χ0v) is 10.2. The summed E-state index contributed by atoms with van der Waals surface area (Å²) in [4.78, 5) is 8.37. The zero-order chi connectivity index (χ0) is 12.8. The summed E-state index contributed by atoms with van der Waals surface area (Å²) in [6.45, 7) is 3.37. The van der Waals surface area contributed by atoms with E-state index in [1.165, 1.54) is 12.1 Å². The number of hydrogen-bond acceptors (Lipinski definition) is 4. The molecule has 0 bridgehead atoms. The van der Waals surface area contributed by atoms with Crippen LogP contribution < -0.4 is 10.6 Å². The van der Waals surface area contributed by atoms with Gasteiger partial charge in [-0.05, 0) is 30.7 Å². The quantitative estimate of drug-likeness (QED) is 0.851. The molecular weight excluding hydrogens is 231 g/mol. The van der Waals surface area contributed by atoms with E-state index in [2.05, 4.69) is 20.6 Å². The van der Waals surface area contributed by atoms with Crippen LogP contribution in [0.2, 0.25) is 0 Å². The summed E-state index contributed by atoms with van der Waals surface area (Å²) in [6, 6.07) is 8.18. The molecule has 1 aromatic heterocycles. The number of nitrogens with one attached hydrogen (secondary N) is 2. The maximum absolute atomic E-state index is 12.7. The number of benzene rings is 1. The number of nitrogens with zero attached hydrogens (tertiary/aromatic N) is 2. The fraction of sp³-hybridized carbons (Fsp3) is 0.231. The molecule has 0 amide bonds. The van der Waals surface area contributed by atoms with Crippen molar-refractivity contribution in [3.8, 4) is 0 Å². The van der Waals surface area contributed by atoms with Crippen LogP contribution in [0, 0.1) is 5.82 Å². The van der Waals surface area contributed by atoms with E-state index in [1.807, 2.05) is 6.92 Å². The maximum atomic E-state index is 12.7. The van der Waals surface area contributed by atoms with Crippen LogP contribution in [-0.4, -0.2) is 16.5 Å². The van der Waals surface area contributed by atoms with Crippen molar-refractivity contribution in [3.63, 3.8) is 0 Å². The van der Waals surface area contributed by atoms with E-state index >= 15 is 0 Å². The molecule has 0 aliphatic carbocycles. The molecule has 1 heterocycles. The summed E-state index contributed by atoms with van der Waals surface area (Å²) in [5.74, 6) is 1.11. The number of rotatable bonds is 5. The Morgan fingerprint density at radius 1 is 1.11 bits per heavy atom. The summed E-state index contributed by atoms with van der Waals surface area (Å²) in [7, 11) is 0. The second kappa shape index (κ2) is 5.95. The lowest BCUT2D eigenvalue weighted by Gasteiger charge is -2.07. The molecule has 0 aliphatic rings. The highest BCUT2D eigenvalue weighted by Gasteiger charge is 1.98. The van der Waals surface area contributed by atoms with Gasteiger partial charge in [0.05, 0.1) is 0 Å². The molecule has 2 aromatic rings. The Kier molecular flexibility index (Phi) is 4.06. The van der Waals surface area contributed by atoms with E-state index in [0.29, 0.717) is 12.5 Å². The maximum Gasteiger partial charge on any atom is 0.224 e. The van der Waals surface area contributed by atoms with Gasteiger partial charge < -0.3 is 10.6 Å². The van der Waals surface area contributed by atoms with Crippen molar-refractivity contribution < 1.29 is 4.39 Å². The molecule has 0 atom stereocenters. The highest BCUT2D eigenvalue weighted by molar-refractivity contribution is 5.40. The second-order valence-corrected chi connectivity index (χ2v) is 3.78. The highest BCUT2D eigenvalue weighted by atomic mass is 19.1. The van der Waals surface area contributed by atoms with Gasteiger partial charge in [0, 0.05) is 19.3 Å². The van der Waals surface area contributed by atoms with Gasteiger partial charge in [0.15, 0.2) is 0 Å². The molecule has 0 fully saturated rings. The SMILES string of the molecule is CCNc1nccc(NCc2ccc(F)cc2)n1. The minimum Gasteiger partial charge on any atom is -0.366 e. The van der Waals surface area contributed by atoms with Crippen LogP contribution in [-0.2, 0) is 6.54 Å². The van der Waals surface area contributed by atoms with E-state index < -0.39 is 0 Å². The van der Waals surface area contributed by atoms with Gasteiger partial charge >= 0.3 is 0 Å². The molecule has 0 radical (unpaired) electrons. The van der Waals surface area contributed by atoms with Gasteiger partial charge in [-0.2, -0.15) is 4.98 Å². The molecule has 2 N–H and O–H groups in total.